The highest BCUT2D eigenvalue weighted by Gasteiger charge is 2.08. The lowest BCUT2D eigenvalue weighted by atomic mass is 10.2. The van der Waals surface area contributed by atoms with Crippen LogP contribution >= 0.6 is 35.3 Å². The lowest BCUT2D eigenvalue weighted by Gasteiger charge is -2.11. The molecule has 0 atom stereocenters. The largest absolute Gasteiger partial charge is 0.357 e. The Kier molecular flexibility index (Phi) is 11.2. The predicted molar refractivity (Wildman–Crippen MR) is 133 cm³/mol. The van der Waals surface area contributed by atoms with Gasteiger partial charge in [0.05, 0.1) is 18.8 Å². The second-order valence-electron chi connectivity index (χ2n) is 7.21. The Hall–Kier alpha value is -1.68. The Morgan fingerprint density at radius 1 is 1.14 bits per heavy atom. The van der Waals surface area contributed by atoms with Crippen molar-refractivity contribution < 1.29 is 4.79 Å². The number of nitrogens with one attached hydrogen (secondary N) is 3. The van der Waals surface area contributed by atoms with E-state index in [0.29, 0.717) is 19.0 Å². The van der Waals surface area contributed by atoms with E-state index < -0.39 is 0 Å². The Bertz CT molecular complexity index is 787. The van der Waals surface area contributed by atoms with Gasteiger partial charge in [0.15, 0.2) is 5.96 Å². The second kappa shape index (κ2) is 12.8. The van der Waals surface area contributed by atoms with Crippen LogP contribution in [-0.2, 0) is 17.9 Å². The molecule has 160 valence electrons. The highest BCUT2D eigenvalue weighted by Crippen LogP contribution is 2.17. The van der Waals surface area contributed by atoms with E-state index >= 15 is 0 Å². The van der Waals surface area contributed by atoms with E-state index in [-0.39, 0.29) is 35.8 Å². The summed E-state index contributed by atoms with van der Waals surface area (Å²) in [6, 6.07) is 7.79. The molecule has 1 aromatic heterocycles. The van der Waals surface area contributed by atoms with Crippen molar-refractivity contribution in [2.45, 2.75) is 53.6 Å². The summed E-state index contributed by atoms with van der Waals surface area (Å²) in [5.74, 6) is 1.20. The number of rotatable bonds is 8. The number of halogens is 1. The number of guanidine groups is 1. The maximum Gasteiger partial charge on any atom is 0.226 e. The minimum Gasteiger partial charge on any atom is -0.357 e. The number of thiazole rings is 1. The molecular formula is C21H32IN5OS. The van der Waals surface area contributed by atoms with Crippen LogP contribution in [0.4, 0.5) is 5.69 Å². The third kappa shape index (κ3) is 8.69. The normalized spacial score (nSPS) is 11.3. The second-order valence-corrected chi connectivity index (χ2v) is 8.15. The Labute approximate surface area is 195 Å². The summed E-state index contributed by atoms with van der Waals surface area (Å²) in [4.78, 5) is 21.0. The molecule has 0 radical (unpaired) electrons. The number of anilines is 1. The number of aromatic nitrogens is 1. The van der Waals surface area contributed by atoms with E-state index in [0.717, 1.165) is 34.5 Å². The van der Waals surface area contributed by atoms with Crippen LogP contribution in [0.1, 0.15) is 56.8 Å². The van der Waals surface area contributed by atoms with Crippen LogP contribution in [0.2, 0.25) is 0 Å². The fourth-order valence-corrected chi connectivity index (χ4v) is 3.22. The van der Waals surface area contributed by atoms with Crippen LogP contribution in [-0.4, -0.2) is 23.4 Å². The average molecular weight is 529 g/mol. The van der Waals surface area contributed by atoms with Crippen LogP contribution < -0.4 is 16.0 Å². The minimum atomic E-state index is -0.0347. The lowest BCUT2D eigenvalue weighted by Crippen LogP contribution is -2.36. The highest BCUT2D eigenvalue weighted by molar-refractivity contribution is 14.0. The summed E-state index contributed by atoms with van der Waals surface area (Å²) in [6.45, 7) is 12.1. The van der Waals surface area contributed by atoms with Gasteiger partial charge in [0.1, 0.15) is 5.01 Å². The fraction of sp³-hybridized carbons (Fsp3) is 0.476. The number of amides is 1. The zero-order valence-electron chi connectivity index (χ0n) is 17.8. The van der Waals surface area contributed by atoms with Gasteiger partial charge >= 0.3 is 0 Å². The molecule has 1 heterocycles. The highest BCUT2D eigenvalue weighted by atomic mass is 127. The first-order valence-corrected chi connectivity index (χ1v) is 10.6. The van der Waals surface area contributed by atoms with E-state index in [1.807, 2.05) is 45.0 Å². The molecule has 8 heteroatoms. The van der Waals surface area contributed by atoms with Gasteiger partial charge in [-0.2, -0.15) is 0 Å². The number of benzene rings is 1. The summed E-state index contributed by atoms with van der Waals surface area (Å²) in [5, 5.41) is 12.7. The maximum absolute atomic E-state index is 11.8. The van der Waals surface area contributed by atoms with Crippen molar-refractivity contribution in [2.75, 3.05) is 11.9 Å². The minimum absolute atomic E-state index is 0. The first kappa shape index (κ1) is 25.4. The standard InChI is InChI=1S/C21H31N5OS.HI/c1-6-22-21(24-12-19-26-18(13-28-19)14(2)3)23-11-16-7-9-17(10-8-16)25-20(27)15(4)5;/h7-10,13-15H,6,11-12H2,1-5H3,(H,25,27)(H2,22,23,24);1H. The zero-order valence-corrected chi connectivity index (χ0v) is 20.9. The van der Waals surface area contributed by atoms with Crippen molar-refractivity contribution in [3.63, 3.8) is 0 Å². The Morgan fingerprint density at radius 2 is 1.83 bits per heavy atom. The van der Waals surface area contributed by atoms with Crippen molar-refractivity contribution in [3.05, 3.63) is 45.9 Å². The summed E-state index contributed by atoms with van der Waals surface area (Å²) < 4.78 is 0. The summed E-state index contributed by atoms with van der Waals surface area (Å²) >= 11 is 1.67. The molecule has 0 unspecified atom stereocenters. The van der Waals surface area contributed by atoms with Crippen LogP contribution in [0.5, 0.6) is 0 Å². The van der Waals surface area contributed by atoms with Gasteiger partial charge in [-0.1, -0.05) is 39.8 Å². The molecule has 0 aliphatic rings. The number of carbonyl (C=O) groups excluding carboxylic acids is 1. The monoisotopic (exact) mass is 529 g/mol. The van der Waals surface area contributed by atoms with Crippen LogP contribution in [0, 0.1) is 5.92 Å². The van der Waals surface area contributed by atoms with Gasteiger partial charge < -0.3 is 16.0 Å². The quantitative estimate of drug-likeness (QED) is 0.263. The smallest absolute Gasteiger partial charge is 0.226 e. The van der Waals surface area contributed by atoms with E-state index in [9.17, 15) is 4.79 Å². The van der Waals surface area contributed by atoms with Crippen molar-refractivity contribution >= 4 is 52.9 Å². The van der Waals surface area contributed by atoms with E-state index in [2.05, 4.69) is 45.2 Å². The molecule has 0 aliphatic carbocycles. The SMILES string of the molecule is CCNC(=NCc1ccc(NC(=O)C(C)C)cc1)NCc1nc(C(C)C)cs1.I. The molecular weight excluding hydrogens is 497 g/mol. The number of carbonyl (C=O) groups is 1. The van der Waals surface area contributed by atoms with Crippen molar-refractivity contribution in [3.8, 4) is 0 Å². The molecule has 2 rings (SSSR count). The Morgan fingerprint density at radius 3 is 2.38 bits per heavy atom. The molecule has 1 aromatic carbocycles. The molecule has 29 heavy (non-hydrogen) atoms. The van der Waals surface area contributed by atoms with Crippen LogP contribution in [0.15, 0.2) is 34.6 Å². The summed E-state index contributed by atoms with van der Waals surface area (Å²) in [5.41, 5.74) is 3.02. The molecule has 0 spiro atoms. The molecule has 0 aliphatic heterocycles. The van der Waals surface area contributed by atoms with Gasteiger partial charge in [-0.05, 0) is 30.5 Å². The number of hydrogen-bond donors (Lipinski definition) is 3. The molecule has 6 nitrogen and oxygen atoms in total. The lowest BCUT2D eigenvalue weighted by molar-refractivity contribution is -0.118. The van der Waals surface area contributed by atoms with E-state index in [1.165, 1.54) is 0 Å². The summed E-state index contributed by atoms with van der Waals surface area (Å²) in [6.07, 6.45) is 0. The molecule has 2 aromatic rings. The van der Waals surface area contributed by atoms with E-state index in [4.69, 9.17) is 0 Å². The molecule has 1 amide bonds. The van der Waals surface area contributed by atoms with Gasteiger partial charge in [0.2, 0.25) is 5.91 Å². The molecule has 3 N–H and O–H groups in total. The predicted octanol–water partition coefficient (Wildman–Crippen LogP) is 4.73. The van der Waals surface area contributed by atoms with Gasteiger partial charge in [-0.25, -0.2) is 9.98 Å². The van der Waals surface area contributed by atoms with Crippen molar-refractivity contribution in [1.29, 1.82) is 0 Å². The third-order valence-electron chi connectivity index (χ3n) is 4.08. The Balaban J connectivity index is 0.00000420. The number of hydrogen-bond acceptors (Lipinski definition) is 4. The van der Waals surface area contributed by atoms with Gasteiger partial charge in [0.25, 0.3) is 0 Å². The number of nitrogens with zero attached hydrogens (tertiary/aromatic N) is 2. The van der Waals surface area contributed by atoms with Crippen molar-refractivity contribution in [1.82, 2.24) is 15.6 Å². The third-order valence-corrected chi connectivity index (χ3v) is 4.94. The maximum atomic E-state index is 11.8. The number of aliphatic imine (C=N–C) groups is 1. The van der Waals surface area contributed by atoms with Crippen LogP contribution in [0.3, 0.4) is 0 Å². The topological polar surface area (TPSA) is 78.4 Å². The van der Waals surface area contributed by atoms with Gasteiger partial charge in [-0.15, -0.1) is 35.3 Å². The zero-order chi connectivity index (χ0) is 20.5. The average Bonchev–Trinajstić information content (AvgIpc) is 3.14. The first-order chi connectivity index (χ1) is 13.4. The van der Waals surface area contributed by atoms with Gasteiger partial charge in [-0.3, -0.25) is 4.79 Å². The van der Waals surface area contributed by atoms with Crippen molar-refractivity contribution in [2.24, 2.45) is 10.9 Å². The summed E-state index contributed by atoms with van der Waals surface area (Å²) in [7, 11) is 0. The van der Waals surface area contributed by atoms with Gasteiger partial charge in [0, 0.05) is 23.5 Å². The molecule has 0 bridgehead atoms. The van der Waals surface area contributed by atoms with E-state index in [1.54, 1.807) is 11.3 Å². The molecule has 0 saturated heterocycles. The molecule has 0 saturated carbocycles. The first-order valence-electron chi connectivity index (χ1n) is 9.75. The fourth-order valence-electron chi connectivity index (χ4n) is 2.32. The molecule has 0 fully saturated rings. The van der Waals surface area contributed by atoms with Crippen LogP contribution in [0.25, 0.3) is 0 Å².